The van der Waals surface area contributed by atoms with Gasteiger partial charge in [-0.3, -0.25) is 4.79 Å². The van der Waals surface area contributed by atoms with E-state index in [1.807, 2.05) is 4.90 Å². The van der Waals surface area contributed by atoms with Crippen molar-refractivity contribution in [1.29, 1.82) is 0 Å². The van der Waals surface area contributed by atoms with E-state index >= 15 is 0 Å². The molecule has 0 aromatic heterocycles. The number of nitrogens with zero attached hydrogens (tertiary/aromatic N) is 1. The Bertz CT molecular complexity index is 454. The van der Waals surface area contributed by atoms with E-state index < -0.39 is 0 Å². The molecule has 2 atom stereocenters. The molecule has 0 bridgehead atoms. The first-order valence-electron chi connectivity index (χ1n) is 7.38. The van der Waals surface area contributed by atoms with E-state index in [4.69, 9.17) is 0 Å². The molecule has 2 fully saturated rings. The van der Waals surface area contributed by atoms with E-state index in [1.54, 1.807) is 0 Å². The summed E-state index contributed by atoms with van der Waals surface area (Å²) >= 11 is 0. The smallest absolute Gasteiger partial charge is 0.227 e. The van der Waals surface area contributed by atoms with E-state index in [0.717, 1.165) is 38.9 Å². The molecule has 2 unspecified atom stereocenters. The molecule has 3 heteroatoms. The quantitative estimate of drug-likeness (QED) is 0.899. The summed E-state index contributed by atoms with van der Waals surface area (Å²) < 4.78 is 0. The predicted octanol–water partition coefficient (Wildman–Crippen LogP) is 1.96. The second-order valence-electron chi connectivity index (χ2n) is 5.70. The highest BCUT2D eigenvalue weighted by Gasteiger charge is 2.40. The van der Waals surface area contributed by atoms with Crippen molar-refractivity contribution in [1.82, 2.24) is 10.2 Å². The predicted molar refractivity (Wildman–Crippen MR) is 75.8 cm³/mol. The number of hydrogen-bond donors (Lipinski definition) is 1. The highest BCUT2D eigenvalue weighted by molar-refractivity contribution is 5.82. The summed E-state index contributed by atoms with van der Waals surface area (Å²) in [4.78, 5) is 14.4. The van der Waals surface area contributed by atoms with E-state index in [2.05, 4.69) is 36.5 Å². The van der Waals surface area contributed by atoms with E-state index in [9.17, 15) is 4.79 Å². The van der Waals surface area contributed by atoms with Crippen LogP contribution in [0.15, 0.2) is 24.3 Å². The lowest BCUT2D eigenvalue weighted by Gasteiger charge is -2.23. The maximum Gasteiger partial charge on any atom is 0.227 e. The fourth-order valence-electron chi connectivity index (χ4n) is 3.25. The molecule has 0 aliphatic carbocycles. The molecule has 1 aromatic rings. The molecule has 2 heterocycles. The number of rotatable bonds is 3. The SMILES string of the molecule is CCc1ccc(CN2CC3NCCCC3C2=O)cc1. The van der Waals surface area contributed by atoms with Crippen molar-refractivity contribution in [2.45, 2.75) is 38.8 Å². The van der Waals surface area contributed by atoms with Crippen LogP contribution in [0.5, 0.6) is 0 Å². The lowest BCUT2D eigenvalue weighted by Crippen LogP contribution is -2.41. The van der Waals surface area contributed by atoms with Crippen molar-refractivity contribution < 1.29 is 4.79 Å². The number of likely N-dealkylation sites (tertiary alicyclic amines) is 1. The number of amides is 1. The highest BCUT2D eigenvalue weighted by atomic mass is 16.2. The van der Waals surface area contributed by atoms with Gasteiger partial charge >= 0.3 is 0 Å². The third-order valence-corrected chi connectivity index (χ3v) is 4.43. The van der Waals surface area contributed by atoms with Gasteiger partial charge in [0.1, 0.15) is 0 Å². The molecule has 1 amide bonds. The van der Waals surface area contributed by atoms with Crippen molar-refractivity contribution in [2.75, 3.05) is 13.1 Å². The first-order chi connectivity index (χ1) is 9.28. The van der Waals surface area contributed by atoms with Crippen molar-refractivity contribution >= 4 is 5.91 Å². The van der Waals surface area contributed by atoms with Gasteiger partial charge in [0.15, 0.2) is 0 Å². The summed E-state index contributed by atoms with van der Waals surface area (Å²) in [7, 11) is 0. The van der Waals surface area contributed by atoms with Crippen LogP contribution in [0.4, 0.5) is 0 Å². The monoisotopic (exact) mass is 258 g/mol. The topological polar surface area (TPSA) is 32.3 Å². The minimum Gasteiger partial charge on any atom is -0.336 e. The van der Waals surface area contributed by atoms with E-state index in [1.165, 1.54) is 11.1 Å². The fourth-order valence-corrected chi connectivity index (χ4v) is 3.25. The number of carbonyl (C=O) groups is 1. The standard InChI is InChI=1S/C16H22N2O/c1-2-12-5-7-13(8-6-12)10-18-11-15-14(16(18)19)4-3-9-17-15/h5-8,14-15,17H,2-4,9-11H2,1H3. The Morgan fingerprint density at radius 1 is 1.26 bits per heavy atom. The van der Waals surface area contributed by atoms with Crippen molar-refractivity contribution in [3.63, 3.8) is 0 Å². The number of aryl methyl sites for hydroxylation is 1. The Labute approximate surface area is 115 Å². The van der Waals surface area contributed by atoms with Crippen LogP contribution in [0.2, 0.25) is 0 Å². The number of hydrogen-bond acceptors (Lipinski definition) is 2. The molecule has 0 saturated carbocycles. The molecule has 3 rings (SSSR count). The molecule has 102 valence electrons. The summed E-state index contributed by atoms with van der Waals surface area (Å²) in [5.41, 5.74) is 2.59. The van der Waals surface area contributed by atoms with Crippen LogP contribution in [0.25, 0.3) is 0 Å². The zero-order chi connectivity index (χ0) is 13.2. The van der Waals surface area contributed by atoms with E-state index in [-0.39, 0.29) is 5.92 Å². The minimum atomic E-state index is 0.226. The Morgan fingerprint density at radius 2 is 2.00 bits per heavy atom. The fraction of sp³-hybridized carbons (Fsp3) is 0.562. The van der Waals surface area contributed by atoms with Crippen LogP contribution in [-0.4, -0.2) is 29.9 Å². The number of nitrogens with one attached hydrogen (secondary N) is 1. The average molecular weight is 258 g/mol. The normalized spacial score (nSPS) is 26.6. The van der Waals surface area contributed by atoms with Crippen molar-refractivity contribution in [3.05, 3.63) is 35.4 Å². The molecule has 3 nitrogen and oxygen atoms in total. The summed E-state index contributed by atoms with van der Waals surface area (Å²) in [6.45, 7) is 4.86. The van der Waals surface area contributed by atoms with Gasteiger partial charge in [0, 0.05) is 19.1 Å². The second-order valence-corrected chi connectivity index (χ2v) is 5.70. The summed E-state index contributed by atoms with van der Waals surface area (Å²) in [5.74, 6) is 0.570. The Hall–Kier alpha value is -1.35. The second kappa shape index (κ2) is 5.33. The van der Waals surface area contributed by atoms with Crippen LogP contribution < -0.4 is 5.32 Å². The number of benzene rings is 1. The van der Waals surface area contributed by atoms with Gasteiger partial charge in [-0.25, -0.2) is 0 Å². The highest BCUT2D eigenvalue weighted by Crippen LogP contribution is 2.27. The maximum atomic E-state index is 12.4. The van der Waals surface area contributed by atoms with Gasteiger partial charge in [-0.15, -0.1) is 0 Å². The largest absolute Gasteiger partial charge is 0.336 e. The van der Waals surface area contributed by atoms with Crippen molar-refractivity contribution in [2.24, 2.45) is 5.92 Å². The minimum absolute atomic E-state index is 0.226. The van der Waals surface area contributed by atoms with Gasteiger partial charge < -0.3 is 10.2 Å². The third-order valence-electron chi connectivity index (χ3n) is 4.43. The van der Waals surface area contributed by atoms with Gasteiger partial charge in [0.05, 0.1) is 5.92 Å². The van der Waals surface area contributed by atoms with Gasteiger partial charge in [0.2, 0.25) is 5.91 Å². The molecule has 1 N–H and O–H groups in total. The van der Waals surface area contributed by atoms with Gasteiger partial charge in [-0.2, -0.15) is 0 Å². The van der Waals surface area contributed by atoms with Gasteiger partial charge in [0.25, 0.3) is 0 Å². The zero-order valence-electron chi connectivity index (χ0n) is 11.6. The molecular weight excluding hydrogens is 236 g/mol. The molecule has 2 aliphatic rings. The first kappa shape index (κ1) is 12.7. The Morgan fingerprint density at radius 3 is 2.68 bits per heavy atom. The summed E-state index contributed by atoms with van der Waals surface area (Å²) in [6, 6.07) is 9.03. The molecule has 19 heavy (non-hydrogen) atoms. The Kier molecular flexibility index (Phi) is 3.56. The van der Waals surface area contributed by atoms with Crippen LogP contribution in [0.1, 0.15) is 30.9 Å². The maximum absolute atomic E-state index is 12.4. The molecule has 2 aliphatic heterocycles. The molecule has 2 saturated heterocycles. The number of carbonyl (C=O) groups excluding carboxylic acids is 1. The Balaban J connectivity index is 1.67. The average Bonchev–Trinajstić information content (AvgIpc) is 2.77. The first-order valence-corrected chi connectivity index (χ1v) is 7.38. The van der Waals surface area contributed by atoms with Gasteiger partial charge in [-0.1, -0.05) is 31.2 Å². The molecule has 0 spiro atoms. The number of fused-ring (bicyclic) bond motifs is 1. The van der Waals surface area contributed by atoms with Crippen LogP contribution in [0.3, 0.4) is 0 Å². The van der Waals surface area contributed by atoms with Crippen LogP contribution in [0, 0.1) is 5.92 Å². The summed E-state index contributed by atoms with van der Waals surface area (Å²) in [5, 5.41) is 3.48. The third kappa shape index (κ3) is 2.52. The zero-order valence-corrected chi connectivity index (χ0v) is 11.6. The molecular formula is C16H22N2O. The number of piperidine rings is 1. The summed E-state index contributed by atoms with van der Waals surface area (Å²) in [6.07, 6.45) is 3.25. The lowest BCUT2D eigenvalue weighted by atomic mass is 9.94. The van der Waals surface area contributed by atoms with Gasteiger partial charge in [-0.05, 0) is 36.9 Å². The lowest BCUT2D eigenvalue weighted by molar-refractivity contribution is -0.131. The van der Waals surface area contributed by atoms with Crippen LogP contribution in [-0.2, 0) is 17.8 Å². The molecule has 0 radical (unpaired) electrons. The molecule has 1 aromatic carbocycles. The van der Waals surface area contributed by atoms with E-state index in [0.29, 0.717) is 11.9 Å². The van der Waals surface area contributed by atoms with Crippen LogP contribution >= 0.6 is 0 Å². The van der Waals surface area contributed by atoms with Crippen molar-refractivity contribution in [3.8, 4) is 0 Å².